The summed E-state index contributed by atoms with van der Waals surface area (Å²) in [7, 11) is 0. The van der Waals surface area contributed by atoms with Crippen LogP contribution in [0.3, 0.4) is 0 Å². The molecule has 2 aromatic carbocycles. The highest BCUT2D eigenvalue weighted by atomic mass is 19.4. The van der Waals surface area contributed by atoms with Crippen LogP contribution in [0.25, 0.3) is 22.3 Å². The summed E-state index contributed by atoms with van der Waals surface area (Å²) in [5.74, 6) is 0.247. The number of rotatable bonds is 9. The van der Waals surface area contributed by atoms with E-state index in [0.29, 0.717) is 41.5 Å². The van der Waals surface area contributed by atoms with Crippen molar-refractivity contribution in [2.24, 2.45) is 5.41 Å². The van der Waals surface area contributed by atoms with Crippen LogP contribution >= 0.6 is 0 Å². The third kappa shape index (κ3) is 5.86. The Hall–Kier alpha value is -3.22. The van der Waals surface area contributed by atoms with Crippen molar-refractivity contribution in [1.29, 1.82) is 0 Å². The van der Waals surface area contributed by atoms with Gasteiger partial charge in [-0.1, -0.05) is 52.3 Å². The van der Waals surface area contributed by atoms with Gasteiger partial charge in [0, 0.05) is 28.5 Å². The number of fused-ring (bicyclic) bond motifs is 1. The van der Waals surface area contributed by atoms with Crippen LogP contribution < -0.4 is 4.74 Å². The van der Waals surface area contributed by atoms with Crippen LogP contribution in [0.5, 0.6) is 5.75 Å². The van der Waals surface area contributed by atoms with Gasteiger partial charge in [-0.15, -0.1) is 0 Å². The molecule has 4 rings (SSSR count). The predicted molar refractivity (Wildman–Crippen MR) is 137 cm³/mol. The summed E-state index contributed by atoms with van der Waals surface area (Å²) in [5.41, 5.74) is 0.0207. The highest BCUT2D eigenvalue weighted by Gasteiger charge is 2.47. The molecule has 4 nitrogen and oxygen atoms in total. The maximum Gasteiger partial charge on any atom is 0.417 e. The SMILES string of the molecule is C=CC(=O)OC1CCC(Oc2ccc3cc(-c4ccc(CCCCC)cc4C(F)(F)F)oc3c2)C1(C)C. The molecule has 0 N–H and O–H groups in total. The number of hydrogen-bond donors (Lipinski definition) is 0. The van der Waals surface area contributed by atoms with Crippen LogP contribution in [-0.4, -0.2) is 18.2 Å². The maximum absolute atomic E-state index is 14.0. The fourth-order valence-corrected chi connectivity index (χ4v) is 5.02. The second-order valence-corrected chi connectivity index (χ2v) is 10.3. The van der Waals surface area contributed by atoms with E-state index < -0.39 is 23.1 Å². The molecule has 1 saturated carbocycles. The zero-order valence-electron chi connectivity index (χ0n) is 21.5. The Labute approximate surface area is 215 Å². The first-order valence-corrected chi connectivity index (χ1v) is 12.8. The van der Waals surface area contributed by atoms with Crippen molar-refractivity contribution in [3.63, 3.8) is 0 Å². The molecule has 1 heterocycles. The summed E-state index contributed by atoms with van der Waals surface area (Å²) in [5, 5.41) is 0.686. The second-order valence-electron chi connectivity index (χ2n) is 10.3. The molecule has 0 radical (unpaired) electrons. The molecule has 1 aliphatic rings. The first-order chi connectivity index (χ1) is 17.5. The summed E-state index contributed by atoms with van der Waals surface area (Å²) in [6.45, 7) is 9.49. The average Bonchev–Trinajstić information content (AvgIpc) is 3.39. The van der Waals surface area contributed by atoms with E-state index >= 15 is 0 Å². The molecule has 37 heavy (non-hydrogen) atoms. The van der Waals surface area contributed by atoms with Crippen molar-refractivity contribution in [1.82, 2.24) is 0 Å². The van der Waals surface area contributed by atoms with E-state index in [1.54, 1.807) is 30.3 Å². The molecule has 7 heteroatoms. The van der Waals surface area contributed by atoms with Crippen molar-refractivity contribution in [3.8, 4) is 17.1 Å². The number of unbranched alkanes of at least 4 members (excludes halogenated alkanes) is 2. The minimum absolute atomic E-state index is 0.0224. The van der Waals surface area contributed by atoms with E-state index in [1.165, 1.54) is 12.1 Å². The molecule has 2 unspecified atom stereocenters. The van der Waals surface area contributed by atoms with E-state index in [1.807, 2.05) is 13.8 Å². The van der Waals surface area contributed by atoms with Crippen molar-refractivity contribution in [2.75, 3.05) is 0 Å². The molecule has 1 fully saturated rings. The maximum atomic E-state index is 14.0. The summed E-state index contributed by atoms with van der Waals surface area (Å²) in [6.07, 6.45) is 0.972. The Morgan fingerprint density at radius 3 is 2.57 bits per heavy atom. The van der Waals surface area contributed by atoms with Gasteiger partial charge >= 0.3 is 12.1 Å². The first-order valence-electron chi connectivity index (χ1n) is 12.8. The number of carbonyl (C=O) groups is 1. The molecule has 0 saturated heterocycles. The lowest BCUT2D eigenvalue weighted by Gasteiger charge is -2.32. The molecular weight excluding hydrogens is 481 g/mol. The molecule has 0 amide bonds. The molecular formula is C30H33F3O4. The molecule has 1 aliphatic carbocycles. The lowest BCUT2D eigenvalue weighted by atomic mass is 9.87. The number of furan rings is 1. The first kappa shape index (κ1) is 26.8. The summed E-state index contributed by atoms with van der Waals surface area (Å²) in [4.78, 5) is 11.7. The third-order valence-electron chi connectivity index (χ3n) is 7.27. The molecule has 1 aromatic heterocycles. The Kier molecular flexibility index (Phi) is 7.72. The van der Waals surface area contributed by atoms with Gasteiger partial charge in [0.05, 0.1) is 5.56 Å². The fourth-order valence-electron chi connectivity index (χ4n) is 5.02. The Balaban J connectivity index is 1.58. The van der Waals surface area contributed by atoms with Gasteiger partial charge in [-0.05, 0) is 55.5 Å². The molecule has 198 valence electrons. The molecule has 3 aromatic rings. The molecule has 0 spiro atoms. The van der Waals surface area contributed by atoms with Crippen LogP contribution in [0.15, 0.2) is 59.5 Å². The monoisotopic (exact) mass is 514 g/mol. The van der Waals surface area contributed by atoms with Crippen LogP contribution in [0.4, 0.5) is 13.2 Å². The number of benzene rings is 2. The Morgan fingerprint density at radius 2 is 1.86 bits per heavy atom. The van der Waals surface area contributed by atoms with Crippen LogP contribution in [0.1, 0.15) is 64.0 Å². The minimum Gasteiger partial charge on any atom is -0.490 e. The van der Waals surface area contributed by atoms with Crippen molar-refractivity contribution in [3.05, 3.63) is 66.2 Å². The lowest BCUT2D eigenvalue weighted by molar-refractivity contribution is -0.148. The average molecular weight is 515 g/mol. The minimum atomic E-state index is -4.50. The van der Waals surface area contributed by atoms with Crippen molar-refractivity contribution >= 4 is 16.9 Å². The fraction of sp³-hybridized carbons (Fsp3) is 0.433. The number of ether oxygens (including phenoxy) is 2. The highest BCUT2D eigenvalue weighted by molar-refractivity contribution is 5.84. The largest absolute Gasteiger partial charge is 0.490 e. The number of hydrogen-bond acceptors (Lipinski definition) is 4. The summed E-state index contributed by atoms with van der Waals surface area (Å²) >= 11 is 0. The number of aryl methyl sites for hydroxylation is 1. The Morgan fingerprint density at radius 1 is 1.11 bits per heavy atom. The van der Waals surface area contributed by atoms with Gasteiger partial charge in [0.15, 0.2) is 0 Å². The standard InChI is InChI=1S/C30H33F3O4/c1-5-7-8-9-19-10-13-22(23(16-19)30(31,32)33)25-17-20-11-12-21(18-24(20)36-25)35-26-14-15-27(29(26,3)4)37-28(34)6-2/h6,10-13,16-18,26-27H,2,5,7-9,14-15H2,1,3-4H3. The topological polar surface area (TPSA) is 48.7 Å². The van der Waals surface area contributed by atoms with Gasteiger partial charge in [0.1, 0.15) is 29.3 Å². The number of halogens is 3. The molecule has 0 aliphatic heterocycles. The summed E-state index contributed by atoms with van der Waals surface area (Å²) < 4.78 is 59.5. The van der Waals surface area contributed by atoms with E-state index in [0.717, 1.165) is 25.3 Å². The number of esters is 1. The predicted octanol–water partition coefficient (Wildman–Crippen LogP) is 8.52. The highest BCUT2D eigenvalue weighted by Crippen LogP contribution is 2.43. The third-order valence-corrected chi connectivity index (χ3v) is 7.27. The van der Waals surface area contributed by atoms with Crippen molar-refractivity contribution < 1.29 is 31.9 Å². The zero-order chi connectivity index (χ0) is 26.8. The summed E-state index contributed by atoms with van der Waals surface area (Å²) in [6, 6.07) is 11.4. The normalized spacial score (nSPS) is 19.2. The number of alkyl halides is 3. The van der Waals surface area contributed by atoms with Crippen LogP contribution in [-0.2, 0) is 22.1 Å². The van der Waals surface area contributed by atoms with E-state index in [-0.39, 0.29) is 23.5 Å². The van der Waals surface area contributed by atoms with Gasteiger partial charge in [-0.3, -0.25) is 0 Å². The Bertz CT molecular complexity index is 1270. The van der Waals surface area contributed by atoms with Crippen LogP contribution in [0, 0.1) is 5.41 Å². The van der Waals surface area contributed by atoms with Gasteiger partial charge in [0.2, 0.25) is 0 Å². The number of carbonyl (C=O) groups excluding carboxylic acids is 1. The van der Waals surface area contributed by atoms with E-state index in [9.17, 15) is 18.0 Å². The lowest BCUT2D eigenvalue weighted by Crippen LogP contribution is -2.38. The van der Waals surface area contributed by atoms with Gasteiger partial charge < -0.3 is 13.9 Å². The van der Waals surface area contributed by atoms with Gasteiger partial charge in [0.25, 0.3) is 0 Å². The molecule has 0 bridgehead atoms. The van der Waals surface area contributed by atoms with E-state index in [2.05, 4.69) is 13.5 Å². The smallest absolute Gasteiger partial charge is 0.417 e. The second kappa shape index (κ2) is 10.6. The molecule has 2 atom stereocenters. The van der Waals surface area contributed by atoms with Crippen LogP contribution in [0.2, 0.25) is 0 Å². The van der Waals surface area contributed by atoms with Crippen molar-refractivity contribution in [2.45, 2.75) is 77.7 Å². The van der Waals surface area contributed by atoms with Gasteiger partial charge in [-0.25, -0.2) is 4.79 Å². The quantitative estimate of drug-likeness (QED) is 0.163. The zero-order valence-corrected chi connectivity index (χ0v) is 21.5. The van der Waals surface area contributed by atoms with Gasteiger partial charge in [-0.2, -0.15) is 13.2 Å². The van der Waals surface area contributed by atoms with E-state index in [4.69, 9.17) is 13.9 Å².